The molecule has 0 bridgehead atoms. The number of aromatic nitrogens is 4. The monoisotopic (exact) mass is 346 g/mol. The predicted molar refractivity (Wildman–Crippen MR) is 93.2 cm³/mol. The van der Waals surface area contributed by atoms with Gasteiger partial charge in [0.1, 0.15) is 0 Å². The molecule has 3 rings (SSSR count). The van der Waals surface area contributed by atoms with Crippen LogP contribution in [0.5, 0.6) is 0 Å². The first-order valence-electron chi connectivity index (χ1n) is 7.34. The van der Waals surface area contributed by atoms with Gasteiger partial charge in [0.2, 0.25) is 5.82 Å². The number of hydrogen-bond acceptors (Lipinski definition) is 5. The number of rotatable bonds is 4. The van der Waals surface area contributed by atoms with E-state index in [4.69, 9.17) is 5.73 Å². The number of nitrogens with two attached hydrogens (primary N) is 1. The number of nitrogens with one attached hydrogen (secondary N) is 1. The first-order chi connectivity index (χ1) is 11.0. The minimum absolute atomic E-state index is 0. The van der Waals surface area contributed by atoms with E-state index in [-0.39, 0.29) is 30.2 Å². The van der Waals surface area contributed by atoms with Gasteiger partial charge in [0.25, 0.3) is 11.7 Å². The maximum absolute atomic E-state index is 12.2. The highest BCUT2D eigenvalue weighted by Crippen LogP contribution is 2.09. The molecule has 3 N–H and O–H groups in total. The number of hydrogen-bond donors (Lipinski definition) is 2. The van der Waals surface area contributed by atoms with Crippen LogP contribution in [0.4, 0.5) is 0 Å². The standard InChI is InChI=1S/C16H18N6O.ClH/c1-10-8-11(2)22-16(19-10)20-14(21-22)15(23)18-9-13(17)12-6-4-3-5-7-12;/h3-8,13H,9,17H2,1-2H3,(H,18,23);1H. The van der Waals surface area contributed by atoms with Crippen LogP contribution < -0.4 is 11.1 Å². The van der Waals surface area contributed by atoms with Crippen molar-refractivity contribution in [3.8, 4) is 0 Å². The van der Waals surface area contributed by atoms with Gasteiger partial charge in [-0.1, -0.05) is 30.3 Å². The summed E-state index contributed by atoms with van der Waals surface area (Å²) >= 11 is 0. The third kappa shape index (κ3) is 3.69. The molecule has 1 aromatic carbocycles. The number of amides is 1. The van der Waals surface area contributed by atoms with Gasteiger partial charge in [0, 0.05) is 24.0 Å². The maximum Gasteiger partial charge on any atom is 0.291 e. The van der Waals surface area contributed by atoms with Crippen LogP contribution in [0, 0.1) is 13.8 Å². The molecule has 0 radical (unpaired) electrons. The largest absolute Gasteiger partial charge is 0.347 e. The average molecular weight is 347 g/mol. The molecule has 1 unspecified atom stereocenters. The van der Waals surface area contributed by atoms with Gasteiger partial charge >= 0.3 is 0 Å². The molecule has 0 saturated carbocycles. The summed E-state index contributed by atoms with van der Waals surface area (Å²) in [6.45, 7) is 4.08. The Labute approximate surface area is 145 Å². The smallest absolute Gasteiger partial charge is 0.291 e. The first kappa shape index (κ1) is 17.8. The minimum atomic E-state index is -0.362. The Kier molecular flexibility index (Phi) is 5.48. The molecular formula is C16H19ClN6O. The maximum atomic E-state index is 12.2. The summed E-state index contributed by atoms with van der Waals surface area (Å²) in [5.41, 5.74) is 8.74. The van der Waals surface area contributed by atoms with Gasteiger partial charge < -0.3 is 11.1 Å². The Hall–Kier alpha value is -2.51. The molecule has 0 saturated heterocycles. The van der Waals surface area contributed by atoms with E-state index < -0.39 is 0 Å². The van der Waals surface area contributed by atoms with Gasteiger partial charge in [-0.25, -0.2) is 9.50 Å². The van der Waals surface area contributed by atoms with Crippen LogP contribution in [0.15, 0.2) is 36.4 Å². The van der Waals surface area contributed by atoms with E-state index in [0.717, 1.165) is 17.0 Å². The highest BCUT2D eigenvalue weighted by atomic mass is 35.5. The van der Waals surface area contributed by atoms with Crippen LogP contribution in [0.2, 0.25) is 0 Å². The van der Waals surface area contributed by atoms with E-state index in [2.05, 4.69) is 20.4 Å². The zero-order valence-electron chi connectivity index (χ0n) is 13.4. The van der Waals surface area contributed by atoms with E-state index in [9.17, 15) is 4.79 Å². The highest BCUT2D eigenvalue weighted by molar-refractivity contribution is 5.90. The van der Waals surface area contributed by atoms with Crippen molar-refractivity contribution in [1.29, 1.82) is 0 Å². The van der Waals surface area contributed by atoms with Crippen molar-refractivity contribution < 1.29 is 4.79 Å². The van der Waals surface area contributed by atoms with Gasteiger partial charge in [-0.05, 0) is 25.5 Å². The van der Waals surface area contributed by atoms with Crippen LogP contribution in [-0.4, -0.2) is 32.0 Å². The minimum Gasteiger partial charge on any atom is -0.347 e. The van der Waals surface area contributed by atoms with Crippen LogP contribution in [0.1, 0.15) is 33.6 Å². The molecule has 0 aliphatic heterocycles. The molecule has 126 valence electrons. The topological polar surface area (TPSA) is 98.2 Å². The van der Waals surface area contributed by atoms with E-state index in [1.807, 2.05) is 50.2 Å². The predicted octanol–water partition coefficient (Wildman–Crippen LogP) is 1.59. The molecule has 2 heterocycles. The van der Waals surface area contributed by atoms with Crippen LogP contribution in [-0.2, 0) is 0 Å². The van der Waals surface area contributed by atoms with Crippen molar-refractivity contribution >= 4 is 24.1 Å². The number of nitrogens with zero attached hydrogens (tertiary/aromatic N) is 4. The van der Waals surface area contributed by atoms with Crippen LogP contribution in [0.25, 0.3) is 5.78 Å². The van der Waals surface area contributed by atoms with E-state index >= 15 is 0 Å². The quantitative estimate of drug-likeness (QED) is 0.747. The summed E-state index contributed by atoms with van der Waals surface area (Å²) in [7, 11) is 0. The third-order valence-corrected chi connectivity index (χ3v) is 3.53. The Morgan fingerprint density at radius 3 is 2.67 bits per heavy atom. The van der Waals surface area contributed by atoms with Gasteiger partial charge in [0.15, 0.2) is 0 Å². The second kappa shape index (κ2) is 7.37. The Morgan fingerprint density at radius 2 is 1.96 bits per heavy atom. The van der Waals surface area contributed by atoms with E-state index in [1.165, 1.54) is 0 Å². The fraction of sp³-hybridized carbons (Fsp3) is 0.250. The van der Waals surface area contributed by atoms with Crippen molar-refractivity contribution in [2.24, 2.45) is 5.73 Å². The SMILES string of the molecule is Cc1cc(C)n2nc(C(=O)NCC(N)c3ccccc3)nc2n1.Cl. The first-order valence-corrected chi connectivity index (χ1v) is 7.34. The van der Waals surface area contributed by atoms with Gasteiger partial charge in [0.05, 0.1) is 0 Å². The molecule has 1 amide bonds. The molecule has 0 aliphatic carbocycles. The van der Waals surface area contributed by atoms with Crippen molar-refractivity contribution in [2.75, 3.05) is 6.54 Å². The number of fused-ring (bicyclic) bond motifs is 1. The molecule has 3 aromatic rings. The van der Waals surface area contributed by atoms with Crippen LogP contribution >= 0.6 is 12.4 Å². The zero-order chi connectivity index (χ0) is 16.4. The van der Waals surface area contributed by atoms with Crippen LogP contribution in [0.3, 0.4) is 0 Å². The second-order valence-electron chi connectivity index (χ2n) is 5.41. The Balaban J connectivity index is 0.00000208. The zero-order valence-corrected chi connectivity index (χ0v) is 14.2. The molecule has 0 fully saturated rings. The van der Waals surface area contributed by atoms with Crippen molar-refractivity contribution in [3.05, 3.63) is 59.2 Å². The van der Waals surface area contributed by atoms with Crippen molar-refractivity contribution in [2.45, 2.75) is 19.9 Å². The summed E-state index contributed by atoms with van der Waals surface area (Å²) in [5.74, 6) is 0.144. The van der Waals surface area contributed by atoms with Gasteiger partial charge in [-0.15, -0.1) is 17.5 Å². The number of halogens is 1. The number of benzene rings is 1. The van der Waals surface area contributed by atoms with Crippen molar-refractivity contribution in [1.82, 2.24) is 24.9 Å². The molecule has 24 heavy (non-hydrogen) atoms. The lowest BCUT2D eigenvalue weighted by molar-refractivity contribution is 0.0941. The summed E-state index contributed by atoms with van der Waals surface area (Å²) in [6.07, 6.45) is 0. The molecule has 8 heteroatoms. The second-order valence-corrected chi connectivity index (χ2v) is 5.41. The molecule has 0 spiro atoms. The summed E-state index contributed by atoms with van der Waals surface area (Å²) in [5, 5.41) is 6.96. The average Bonchev–Trinajstić information content (AvgIpc) is 2.97. The lowest BCUT2D eigenvalue weighted by atomic mass is 10.1. The van der Waals surface area contributed by atoms with E-state index in [1.54, 1.807) is 4.52 Å². The highest BCUT2D eigenvalue weighted by Gasteiger charge is 2.16. The molecule has 2 aromatic heterocycles. The van der Waals surface area contributed by atoms with Gasteiger partial charge in [-0.3, -0.25) is 4.79 Å². The fourth-order valence-corrected chi connectivity index (χ4v) is 2.36. The van der Waals surface area contributed by atoms with Gasteiger partial charge in [-0.2, -0.15) is 4.98 Å². The fourth-order valence-electron chi connectivity index (χ4n) is 2.36. The molecule has 1 atom stereocenters. The summed E-state index contributed by atoms with van der Waals surface area (Å²) in [6, 6.07) is 11.2. The Morgan fingerprint density at radius 1 is 1.25 bits per heavy atom. The van der Waals surface area contributed by atoms with E-state index in [0.29, 0.717) is 12.3 Å². The third-order valence-electron chi connectivity index (χ3n) is 3.53. The lowest BCUT2D eigenvalue weighted by Gasteiger charge is -2.12. The molecular weight excluding hydrogens is 328 g/mol. The summed E-state index contributed by atoms with van der Waals surface area (Å²) < 4.78 is 1.55. The lowest BCUT2D eigenvalue weighted by Crippen LogP contribution is -2.32. The molecule has 0 aliphatic rings. The summed E-state index contributed by atoms with van der Waals surface area (Å²) in [4.78, 5) is 20.7. The number of carbonyl (C=O) groups is 1. The Bertz CT molecular complexity index is 848. The number of carbonyl (C=O) groups excluding carboxylic acids is 1. The van der Waals surface area contributed by atoms with Crippen molar-refractivity contribution in [3.63, 3.8) is 0 Å². The molecule has 7 nitrogen and oxygen atoms in total. The number of aryl methyl sites for hydroxylation is 2. The normalized spacial score (nSPS) is 11.8.